The molecule has 0 radical (unpaired) electrons. The second-order valence-electron chi connectivity index (χ2n) is 6.39. The molecule has 1 aromatic carbocycles. The van der Waals surface area contributed by atoms with Gasteiger partial charge in [-0.1, -0.05) is 22.0 Å². The van der Waals surface area contributed by atoms with Crippen molar-refractivity contribution in [1.82, 2.24) is 5.32 Å². The van der Waals surface area contributed by atoms with Crippen molar-refractivity contribution < 1.29 is 9.53 Å². The van der Waals surface area contributed by atoms with E-state index in [0.717, 1.165) is 43.4 Å². The van der Waals surface area contributed by atoms with Crippen LogP contribution in [-0.4, -0.2) is 44.3 Å². The number of amides is 1. The zero-order chi connectivity index (χ0) is 16.2. The van der Waals surface area contributed by atoms with Gasteiger partial charge in [0.15, 0.2) is 0 Å². The van der Waals surface area contributed by atoms with Crippen LogP contribution >= 0.6 is 40.7 Å². The molecule has 0 aliphatic carbocycles. The van der Waals surface area contributed by atoms with Crippen LogP contribution in [0.2, 0.25) is 0 Å². The number of carbonyl (C=O) groups excluding carboxylic acids is 1. The number of anilines is 1. The van der Waals surface area contributed by atoms with E-state index in [1.807, 2.05) is 6.07 Å². The lowest BCUT2D eigenvalue weighted by atomic mass is 10.1. The molecule has 2 heterocycles. The first kappa shape index (κ1) is 22.5. The molecule has 1 unspecified atom stereocenters. The zero-order valence-corrected chi connectivity index (χ0v) is 17.2. The number of halogens is 3. The summed E-state index contributed by atoms with van der Waals surface area (Å²) in [4.78, 5) is 14.5. The van der Waals surface area contributed by atoms with Crippen LogP contribution in [0.25, 0.3) is 0 Å². The maximum absolute atomic E-state index is 12.2. The first-order chi connectivity index (χ1) is 11.2. The molecule has 142 valence electrons. The van der Waals surface area contributed by atoms with Gasteiger partial charge in [-0.2, -0.15) is 0 Å². The van der Waals surface area contributed by atoms with E-state index in [2.05, 4.69) is 44.3 Å². The molecule has 2 fully saturated rings. The van der Waals surface area contributed by atoms with Crippen LogP contribution in [-0.2, 0) is 9.53 Å². The molecule has 0 bridgehead atoms. The van der Waals surface area contributed by atoms with Crippen molar-refractivity contribution in [1.29, 1.82) is 0 Å². The molecule has 0 aromatic heterocycles. The summed E-state index contributed by atoms with van der Waals surface area (Å²) in [5, 5.41) is 3.05. The van der Waals surface area contributed by atoms with E-state index < -0.39 is 0 Å². The SMILES string of the molecule is Cl.Cl.NC[C@H]1CC[C@@H](C(=O)NCC2CCN(c3cccc(Br)c3)C2)O1. The van der Waals surface area contributed by atoms with Gasteiger partial charge in [-0.05, 0) is 43.4 Å². The summed E-state index contributed by atoms with van der Waals surface area (Å²) in [5.41, 5.74) is 6.82. The molecular formula is C17H26BrCl2N3O2. The average Bonchev–Trinajstić information content (AvgIpc) is 3.22. The summed E-state index contributed by atoms with van der Waals surface area (Å²) in [5.74, 6) is 0.506. The number of nitrogens with two attached hydrogens (primary N) is 1. The fourth-order valence-corrected chi connectivity index (χ4v) is 3.72. The van der Waals surface area contributed by atoms with Crippen molar-refractivity contribution >= 4 is 52.3 Å². The quantitative estimate of drug-likeness (QED) is 0.717. The Bertz CT molecular complexity index is 564. The summed E-state index contributed by atoms with van der Waals surface area (Å²) in [6.07, 6.45) is 2.50. The van der Waals surface area contributed by atoms with Crippen LogP contribution in [0.4, 0.5) is 5.69 Å². The van der Waals surface area contributed by atoms with Gasteiger partial charge in [0.1, 0.15) is 6.10 Å². The van der Waals surface area contributed by atoms with Gasteiger partial charge in [0, 0.05) is 36.3 Å². The fraction of sp³-hybridized carbons (Fsp3) is 0.588. The molecule has 5 nitrogen and oxygen atoms in total. The molecule has 2 aliphatic rings. The standard InChI is InChI=1S/C17H24BrN3O2.2ClH/c18-13-2-1-3-14(8-13)21-7-6-12(11-21)10-20-17(22)16-5-4-15(9-19)23-16;;/h1-3,8,12,15-16H,4-7,9-11,19H2,(H,20,22);2*1H/t12?,15-,16+;;/m1../s1. The minimum Gasteiger partial charge on any atom is -0.371 e. The highest BCUT2D eigenvalue weighted by molar-refractivity contribution is 9.10. The fourth-order valence-electron chi connectivity index (χ4n) is 3.34. The Kier molecular flexibility index (Phi) is 9.52. The normalized spacial score (nSPS) is 25.2. The van der Waals surface area contributed by atoms with Crippen molar-refractivity contribution in [3.63, 3.8) is 0 Å². The highest BCUT2D eigenvalue weighted by Crippen LogP contribution is 2.26. The van der Waals surface area contributed by atoms with Crippen LogP contribution in [0.1, 0.15) is 19.3 Å². The number of hydrogen-bond donors (Lipinski definition) is 2. The molecule has 3 N–H and O–H groups in total. The van der Waals surface area contributed by atoms with Gasteiger partial charge in [0.05, 0.1) is 6.10 Å². The molecule has 8 heteroatoms. The Morgan fingerprint density at radius 2 is 2.12 bits per heavy atom. The highest BCUT2D eigenvalue weighted by Gasteiger charge is 2.30. The van der Waals surface area contributed by atoms with E-state index in [9.17, 15) is 4.79 Å². The molecule has 0 saturated carbocycles. The Morgan fingerprint density at radius 3 is 2.80 bits per heavy atom. The summed E-state index contributed by atoms with van der Waals surface area (Å²) in [7, 11) is 0. The Morgan fingerprint density at radius 1 is 1.32 bits per heavy atom. The first-order valence-electron chi connectivity index (χ1n) is 8.29. The predicted molar refractivity (Wildman–Crippen MR) is 109 cm³/mol. The lowest BCUT2D eigenvalue weighted by Gasteiger charge is -2.19. The predicted octanol–water partition coefficient (Wildman–Crippen LogP) is 2.74. The van der Waals surface area contributed by atoms with Crippen molar-refractivity contribution in [2.24, 2.45) is 11.7 Å². The average molecular weight is 455 g/mol. The first-order valence-corrected chi connectivity index (χ1v) is 9.08. The summed E-state index contributed by atoms with van der Waals surface area (Å²) in [6.45, 7) is 3.23. The Balaban J connectivity index is 0.00000156. The third kappa shape index (κ3) is 6.00. The van der Waals surface area contributed by atoms with Gasteiger partial charge >= 0.3 is 0 Å². The van der Waals surface area contributed by atoms with Gasteiger partial charge in [-0.15, -0.1) is 24.8 Å². The molecule has 1 aromatic rings. The number of benzene rings is 1. The molecule has 1 amide bonds. The molecular weight excluding hydrogens is 429 g/mol. The molecule has 3 rings (SSSR count). The van der Waals surface area contributed by atoms with Crippen molar-refractivity contribution in [2.45, 2.75) is 31.5 Å². The lowest BCUT2D eigenvalue weighted by Crippen LogP contribution is -2.38. The molecule has 25 heavy (non-hydrogen) atoms. The van der Waals surface area contributed by atoms with Gasteiger partial charge < -0.3 is 20.7 Å². The lowest BCUT2D eigenvalue weighted by molar-refractivity contribution is -0.132. The van der Waals surface area contributed by atoms with E-state index in [0.29, 0.717) is 12.5 Å². The second-order valence-corrected chi connectivity index (χ2v) is 7.30. The van der Waals surface area contributed by atoms with Crippen LogP contribution in [0.3, 0.4) is 0 Å². The third-order valence-electron chi connectivity index (χ3n) is 4.69. The third-order valence-corrected chi connectivity index (χ3v) is 5.18. The number of hydrogen-bond acceptors (Lipinski definition) is 4. The summed E-state index contributed by atoms with van der Waals surface area (Å²) in [6, 6.07) is 8.36. The van der Waals surface area contributed by atoms with E-state index >= 15 is 0 Å². The highest BCUT2D eigenvalue weighted by atomic mass is 79.9. The van der Waals surface area contributed by atoms with Gasteiger partial charge in [0.25, 0.3) is 0 Å². The van der Waals surface area contributed by atoms with E-state index in [4.69, 9.17) is 10.5 Å². The van der Waals surface area contributed by atoms with Crippen molar-refractivity contribution in [3.05, 3.63) is 28.7 Å². The number of rotatable bonds is 5. The van der Waals surface area contributed by atoms with Gasteiger partial charge in [-0.25, -0.2) is 0 Å². The Hall–Kier alpha value is -0.530. The van der Waals surface area contributed by atoms with Crippen LogP contribution in [0.5, 0.6) is 0 Å². The minimum absolute atomic E-state index is 0. The van der Waals surface area contributed by atoms with Crippen LogP contribution in [0.15, 0.2) is 28.7 Å². The topological polar surface area (TPSA) is 67.6 Å². The summed E-state index contributed by atoms with van der Waals surface area (Å²) >= 11 is 3.52. The van der Waals surface area contributed by atoms with Crippen LogP contribution < -0.4 is 16.0 Å². The van der Waals surface area contributed by atoms with E-state index in [1.165, 1.54) is 5.69 Å². The number of nitrogens with zero attached hydrogens (tertiary/aromatic N) is 1. The monoisotopic (exact) mass is 453 g/mol. The summed E-state index contributed by atoms with van der Waals surface area (Å²) < 4.78 is 6.74. The maximum atomic E-state index is 12.2. The molecule has 2 aliphatic heterocycles. The van der Waals surface area contributed by atoms with E-state index in [-0.39, 0.29) is 42.9 Å². The van der Waals surface area contributed by atoms with Crippen molar-refractivity contribution in [3.8, 4) is 0 Å². The number of carbonyl (C=O) groups is 1. The zero-order valence-electron chi connectivity index (χ0n) is 14.0. The molecule has 0 spiro atoms. The number of ether oxygens (including phenoxy) is 1. The number of nitrogens with one attached hydrogen (secondary N) is 1. The molecule has 2 saturated heterocycles. The Labute approximate surface area is 170 Å². The van der Waals surface area contributed by atoms with Crippen LogP contribution in [0, 0.1) is 5.92 Å². The minimum atomic E-state index is -0.314. The second kappa shape index (κ2) is 10.6. The maximum Gasteiger partial charge on any atom is 0.249 e. The van der Waals surface area contributed by atoms with E-state index in [1.54, 1.807) is 0 Å². The molecule has 3 atom stereocenters. The van der Waals surface area contributed by atoms with Gasteiger partial charge in [-0.3, -0.25) is 4.79 Å². The smallest absolute Gasteiger partial charge is 0.249 e. The van der Waals surface area contributed by atoms with Crippen molar-refractivity contribution in [2.75, 3.05) is 31.1 Å². The largest absolute Gasteiger partial charge is 0.371 e. The van der Waals surface area contributed by atoms with Gasteiger partial charge in [0.2, 0.25) is 5.91 Å².